The number of hydrogen-bond acceptors (Lipinski definition) is 4. The zero-order valence-electron chi connectivity index (χ0n) is 14.2. The fourth-order valence-corrected chi connectivity index (χ4v) is 2.53. The number of nitrogens with one attached hydrogen (secondary N) is 1. The molecule has 0 atom stereocenters. The van der Waals surface area contributed by atoms with Gasteiger partial charge in [-0.3, -0.25) is 5.32 Å². The summed E-state index contributed by atoms with van der Waals surface area (Å²) in [7, 11) is 0. The van der Waals surface area contributed by atoms with E-state index in [2.05, 4.69) is 15.5 Å². The number of carbonyl (C=O) groups is 1. The van der Waals surface area contributed by atoms with Crippen molar-refractivity contribution in [3.8, 4) is 11.3 Å². The fourth-order valence-electron chi connectivity index (χ4n) is 2.53. The molecule has 0 aliphatic heterocycles. The molecule has 1 aromatic heterocycles. The van der Waals surface area contributed by atoms with Gasteiger partial charge in [-0.25, -0.2) is 4.79 Å². The lowest BCUT2D eigenvalue weighted by Gasteiger charge is -2.22. The van der Waals surface area contributed by atoms with Gasteiger partial charge in [-0.1, -0.05) is 60.7 Å². The summed E-state index contributed by atoms with van der Waals surface area (Å²) in [6, 6.07) is 22.5. The first kappa shape index (κ1) is 17.6. The Bertz CT molecular complexity index is 823. The van der Waals surface area contributed by atoms with Crippen molar-refractivity contribution in [1.82, 2.24) is 15.1 Å². The van der Waals surface area contributed by atoms with Crippen LogP contribution in [-0.4, -0.2) is 39.4 Å². The summed E-state index contributed by atoms with van der Waals surface area (Å²) in [5.74, 6) is 0.366. The van der Waals surface area contributed by atoms with Crippen LogP contribution in [0.3, 0.4) is 0 Å². The molecular formula is C20H20N4O2. The maximum absolute atomic E-state index is 12.5. The summed E-state index contributed by atoms with van der Waals surface area (Å²) in [6.45, 7) is 0.526. The molecule has 1 heterocycles. The van der Waals surface area contributed by atoms with E-state index in [0.29, 0.717) is 12.4 Å². The average Bonchev–Trinajstić information content (AvgIpc) is 2.70. The number of aromatic nitrogens is 2. The van der Waals surface area contributed by atoms with Gasteiger partial charge in [0.15, 0.2) is 5.82 Å². The number of urea groups is 1. The first-order valence-electron chi connectivity index (χ1n) is 8.36. The second-order valence-corrected chi connectivity index (χ2v) is 5.73. The number of carbonyl (C=O) groups excluding carboxylic acids is 1. The lowest BCUT2D eigenvalue weighted by molar-refractivity contribution is 0.185. The highest BCUT2D eigenvalue weighted by Gasteiger charge is 2.14. The minimum absolute atomic E-state index is 0.112. The van der Waals surface area contributed by atoms with Crippen molar-refractivity contribution in [2.75, 3.05) is 18.5 Å². The summed E-state index contributed by atoms with van der Waals surface area (Å²) in [4.78, 5) is 14.0. The number of amides is 2. The van der Waals surface area contributed by atoms with E-state index in [0.717, 1.165) is 16.8 Å². The molecule has 0 unspecified atom stereocenters. The largest absolute Gasteiger partial charge is 0.395 e. The van der Waals surface area contributed by atoms with Crippen LogP contribution in [0.4, 0.5) is 10.6 Å². The smallest absolute Gasteiger partial charge is 0.323 e. The molecule has 6 nitrogen and oxygen atoms in total. The van der Waals surface area contributed by atoms with E-state index in [1.165, 1.54) is 4.90 Å². The highest BCUT2D eigenvalue weighted by atomic mass is 16.3. The van der Waals surface area contributed by atoms with E-state index in [-0.39, 0.29) is 19.2 Å². The first-order valence-corrected chi connectivity index (χ1v) is 8.36. The van der Waals surface area contributed by atoms with Gasteiger partial charge in [0, 0.05) is 18.7 Å². The quantitative estimate of drug-likeness (QED) is 0.717. The number of hydrogen-bond donors (Lipinski definition) is 2. The highest BCUT2D eigenvalue weighted by Crippen LogP contribution is 2.16. The standard InChI is InChI=1S/C20H20N4O2/c25-14-13-24(15-16-7-3-1-4-8-16)20(26)21-19-12-11-18(22-23-19)17-9-5-2-6-10-17/h1-12,25H,13-15H2,(H,21,23,26). The summed E-state index contributed by atoms with van der Waals surface area (Å²) in [6.07, 6.45) is 0. The van der Waals surface area contributed by atoms with Crippen LogP contribution in [0.5, 0.6) is 0 Å². The first-order chi connectivity index (χ1) is 12.8. The molecule has 0 spiro atoms. The lowest BCUT2D eigenvalue weighted by Crippen LogP contribution is -2.36. The van der Waals surface area contributed by atoms with E-state index in [1.54, 1.807) is 6.07 Å². The number of benzene rings is 2. The van der Waals surface area contributed by atoms with Crippen molar-refractivity contribution in [1.29, 1.82) is 0 Å². The van der Waals surface area contributed by atoms with Crippen molar-refractivity contribution in [2.24, 2.45) is 0 Å². The van der Waals surface area contributed by atoms with E-state index in [9.17, 15) is 9.90 Å². The molecule has 132 valence electrons. The molecule has 0 fully saturated rings. The minimum atomic E-state index is -0.329. The Morgan fingerprint density at radius 2 is 1.62 bits per heavy atom. The summed E-state index contributed by atoms with van der Waals surface area (Å²) < 4.78 is 0. The zero-order valence-corrected chi connectivity index (χ0v) is 14.2. The summed E-state index contributed by atoms with van der Waals surface area (Å²) in [5, 5.41) is 20.2. The van der Waals surface area contributed by atoms with Crippen LogP contribution in [0.25, 0.3) is 11.3 Å². The second kappa shape index (κ2) is 8.73. The van der Waals surface area contributed by atoms with Crippen LogP contribution < -0.4 is 5.32 Å². The summed E-state index contributed by atoms with van der Waals surface area (Å²) in [5.41, 5.74) is 2.69. The van der Waals surface area contributed by atoms with Crippen LogP contribution in [0.1, 0.15) is 5.56 Å². The molecule has 0 saturated heterocycles. The van der Waals surface area contributed by atoms with Gasteiger partial charge in [-0.15, -0.1) is 10.2 Å². The van der Waals surface area contributed by atoms with Gasteiger partial charge >= 0.3 is 6.03 Å². The molecule has 3 rings (SSSR count). The lowest BCUT2D eigenvalue weighted by atomic mass is 10.1. The second-order valence-electron chi connectivity index (χ2n) is 5.73. The predicted molar refractivity (Wildman–Crippen MR) is 100 cm³/mol. The molecule has 0 aliphatic rings. The normalized spacial score (nSPS) is 10.3. The van der Waals surface area contributed by atoms with Gasteiger partial charge < -0.3 is 10.0 Å². The molecule has 6 heteroatoms. The minimum Gasteiger partial charge on any atom is -0.395 e. The Labute approximate surface area is 152 Å². The van der Waals surface area contributed by atoms with E-state index < -0.39 is 0 Å². The van der Waals surface area contributed by atoms with E-state index >= 15 is 0 Å². The molecule has 26 heavy (non-hydrogen) atoms. The van der Waals surface area contributed by atoms with E-state index in [4.69, 9.17) is 0 Å². The van der Waals surface area contributed by atoms with Crippen molar-refractivity contribution in [2.45, 2.75) is 6.54 Å². The number of anilines is 1. The van der Waals surface area contributed by atoms with Crippen LogP contribution >= 0.6 is 0 Å². The third kappa shape index (κ3) is 4.64. The van der Waals surface area contributed by atoms with Crippen molar-refractivity contribution >= 4 is 11.8 Å². The Morgan fingerprint density at radius 1 is 0.923 bits per heavy atom. The number of aliphatic hydroxyl groups excluding tert-OH is 1. The van der Waals surface area contributed by atoms with Gasteiger partial charge in [0.25, 0.3) is 0 Å². The zero-order chi connectivity index (χ0) is 18.2. The summed E-state index contributed by atoms with van der Waals surface area (Å²) >= 11 is 0. The number of aliphatic hydroxyl groups is 1. The SMILES string of the molecule is O=C(Nc1ccc(-c2ccccc2)nn1)N(CCO)Cc1ccccc1. The number of nitrogens with zero attached hydrogens (tertiary/aromatic N) is 3. The molecule has 2 aromatic carbocycles. The van der Waals surface area contributed by atoms with Gasteiger partial charge in [-0.2, -0.15) is 0 Å². The Morgan fingerprint density at radius 3 is 2.23 bits per heavy atom. The highest BCUT2D eigenvalue weighted by molar-refractivity contribution is 5.88. The van der Waals surface area contributed by atoms with E-state index in [1.807, 2.05) is 66.7 Å². The van der Waals surface area contributed by atoms with Crippen LogP contribution in [0.2, 0.25) is 0 Å². The monoisotopic (exact) mass is 348 g/mol. The topological polar surface area (TPSA) is 78.4 Å². The molecule has 3 aromatic rings. The third-order valence-corrected chi connectivity index (χ3v) is 3.84. The molecule has 2 amide bonds. The molecule has 2 N–H and O–H groups in total. The Balaban J connectivity index is 1.67. The molecule has 0 bridgehead atoms. The van der Waals surface area contributed by atoms with Crippen molar-refractivity contribution in [3.05, 3.63) is 78.4 Å². The maximum Gasteiger partial charge on any atom is 0.323 e. The van der Waals surface area contributed by atoms with Crippen LogP contribution in [0.15, 0.2) is 72.8 Å². The molecular weight excluding hydrogens is 328 g/mol. The van der Waals surface area contributed by atoms with Crippen molar-refractivity contribution in [3.63, 3.8) is 0 Å². The van der Waals surface area contributed by atoms with Crippen LogP contribution in [-0.2, 0) is 6.54 Å². The average molecular weight is 348 g/mol. The Kier molecular flexibility index (Phi) is 5.90. The van der Waals surface area contributed by atoms with Gasteiger partial charge in [0.1, 0.15) is 0 Å². The number of rotatable bonds is 6. The van der Waals surface area contributed by atoms with Gasteiger partial charge in [0.05, 0.1) is 12.3 Å². The fraction of sp³-hybridized carbons (Fsp3) is 0.150. The van der Waals surface area contributed by atoms with Gasteiger partial charge in [-0.05, 0) is 17.7 Å². The van der Waals surface area contributed by atoms with Crippen molar-refractivity contribution < 1.29 is 9.90 Å². The molecule has 0 radical (unpaired) electrons. The van der Waals surface area contributed by atoms with Crippen LogP contribution in [0, 0.1) is 0 Å². The molecule has 0 saturated carbocycles. The maximum atomic E-state index is 12.5. The Hall–Kier alpha value is -3.25. The van der Waals surface area contributed by atoms with Gasteiger partial charge in [0.2, 0.25) is 0 Å². The predicted octanol–water partition coefficient (Wildman–Crippen LogP) is 3.17. The molecule has 0 aliphatic carbocycles. The third-order valence-electron chi connectivity index (χ3n) is 3.84.